The zero-order chi connectivity index (χ0) is 19.3. The second-order valence-corrected chi connectivity index (χ2v) is 7.25. The van der Waals surface area contributed by atoms with Crippen LogP contribution in [0.25, 0.3) is 11.0 Å². The molecular weight excluding hydrogens is 366 g/mol. The quantitative estimate of drug-likeness (QED) is 0.750. The molecule has 138 valence electrons. The van der Waals surface area contributed by atoms with Gasteiger partial charge in [0.2, 0.25) is 5.76 Å². The highest BCUT2D eigenvalue weighted by Crippen LogP contribution is 2.38. The lowest BCUT2D eigenvalue weighted by Crippen LogP contribution is -2.32. The molecule has 2 aromatic carbocycles. The monoisotopic (exact) mass is 383 g/mol. The van der Waals surface area contributed by atoms with Gasteiger partial charge >= 0.3 is 0 Å². The summed E-state index contributed by atoms with van der Waals surface area (Å²) in [7, 11) is 0. The molecule has 0 radical (unpaired) electrons. The Bertz CT molecular complexity index is 1130. The zero-order valence-electron chi connectivity index (χ0n) is 15.0. The summed E-state index contributed by atoms with van der Waals surface area (Å²) in [5, 5.41) is 10.4. The van der Waals surface area contributed by atoms with Gasteiger partial charge in [0.25, 0.3) is 5.91 Å². The first-order chi connectivity index (χ1) is 12.9. The molecule has 1 N–H and O–H groups in total. The molecule has 1 unspecified atom stereocenters. The summed E-state index contributed by atoms with van der Waals surface area (Å²) in [6.45, 7) is 3.64. The number of amides is 1. The summed E-state index contributed by atoms with van der Waals surface area (Å²) in [5.74, 6) is -0.363. The molecular formula is C21H18ClNO4. The Kier molecular flexibility index (Phi) is 4.29. The minimum Gasteiger partial charge on any atom is -0.450 e. The molecule has 0 fully saturated rings. The van der Waals surface area contributed by atoms with Crippen LogP contribution >= 0.6 is 11.6 Å². The number of carbonyl (C=O) groups is 1. The number of β-amino-alcohol motifs (C(OH)–C–C–N with tert-alkyl or cyclic N) is 1. The summed E-state index contributed by atoms with van der Waals surface area (Å²) >= 11 is 6.13. The maximum absolute atomic E-state index is 13.4. The summed E-state index contributed by atoms with van der Waals surface area (Å²) in [6, 6.07) is 10.1. The summed E-state index contributed by atoms with van der Waals surface area (Å²) in [6.07, 6.45) is 0. The number of fused-ring (bicyclic) bond motifs is 2. The molecule has 1 aromatic heterocycles. The molecule has 3 aromatic rings. The van der Waals surface area contributed by atoms with Crippen molar-refractivity contribution < 1.29 is 14.3 Å². The lowest BCUT2D eigenvalue weighted by molar-refractivity contribution is 0.0691. The number of halogens is 1. The molecule has 4 rings (SSSR count). The molecule has 1 amide bonds. The number of aryl methyl sites for hydroxylation is 2. The van der Waals surface area contributed by atoms with Gasteiger partial charge in [-0.1, -0.05) is 29.8 Å². The van der Waals surface area contributed by atoms with Gasteiger partial charge in [0.1, 0.15) is 5.58 Å². The van der Waals surface area contributed by atoms with E-state index in [0.717, 1.165) is 11.1 Å². The number of hydrogen-bond donors (Lipinski definition) is 1. The van der Waals surface area contributed by atoms with Crippen LogP contribution in [0.2, 0.25) is 5.02 Å². The first kappa shape index (κ1) is 17.8. The van der Waals surface area contributed by atoms with Gasteiger partial charge in [-0.2, -0.15) is 0 Å². The maximum atomic E-state index is 13.4. The van der Waals surface area contributed by atoms with E-state index in [-0.39, 0.29) is 24.3 Å². The highest BCUT2D eigenvalue weighted by Gasteiger charge is 2.42. The Morgan fingerprint density at radius 1 is 1.19 bits per heavy atom. The zero-order valence-corrected chi connectivity index (χ0v) is 15.7. The fourth-order valence-corrected chi connectivity index (χ4v) is 4.07. The van der Waals surface area contributed by atoms with E-state index in [1.165, 1.54) is 4.90 Å². The number of rotatable bonds is 3. The molecule has 1 atom stereocenters. The van der Waals surface area contributed by atoms with E-state index in [1.807, 2.05) is 26.0 Å². The van der Waals surface area contributed by atoms with Gasteiger partial charge in [-0.25, -0.2) is 0 Å². The van der Waals surface area contributed by atoms with Gasteiger partial charge in [0.05, 0.1) is 23.6 Å². The Labute approximate surface area is 160 Å². The van der Waals surface area contributed by atoms with Crippen LogP contribution in [0.4, 0.5) is 0 Å². The summed E-state index contributed by atoms with van der Waals surface area (Å²) in [5.41, 5.74) is 2.95. The van der Waals surface area contributed by atoms with E-state index in [9.17, 15) is 14.7 Å². The third-order valence-electron chi connectivity index (χ3n) is 4.92. The van der Waals surface area contributed by atoms with Crippen molar-refractivity contribution >= 4 is 28.5 Å². The second-order valence-electron chi connectivity index (χ2n) is 6.81. The molecule has 0 bridgehead atoms. The average Bonchev–Trinajstić information content (AvgIpc) is 2.88. The molecule has 0 saturated heterocycles. The molecule has 27 heavy (non-hydrogen) atoms. The smallest absolute Gasteiger partial charge is 0.290 e. The summed E-state index contributed by atoms with van der Waals surface area (Å²) in [4.78, 5) is 27.8. The number of nitrogens with zero attached hydrogens (tertiary/aromatic N) is 1. The van der Waals surface area contributed by atoms with Crippen LogP contribution in [-0.4, -0.2) is 29.1 Å². The van der Waals surface area contributed by atoms with Crippen LogP contribution in [0.3, 0.4) is 0 Å². The van der Waals surface area contributed by atoms with Gasteiger partial charge in [-0.15, -0.1) is 0 Å². The lowest BCUT2D eigenvalue weighted by Gasteiger charge is -2.24. The number of carbonyl (C=O) groups excluding carboxylic acids is 1. The van der Waals surface area contributed by atoms with E-state index >= 15 is 0 Å². The largest absolute Gasteiger partial charge is 0.450 e. The van der Waals surface area contributed by atoms with Gasteiger partial charge < -0.3 is 14.4 Å². The van der Waals surface area contributed by atoms with Crippen molar-refractivity contribution in [3.8, 4) is 0 Å². The van der Waals surface area contributed by atoms with Crippen molar-refractivity contribution in [2.75, 3.05) is 13.2 Å². The first-order valence-corrected chi connectivity index (χ1v) is 9.05. The highest BCUT2D eigenvalue weighted by atomic mass is 35.5. The van der Waals surface area contributed by atoms with Crippen molar-refractivity contribution in [2.45, 2.75) is 19.9 Å². The highest BCUT2D eigenvalue weighted by molar-refractivity contribution is 6.30. The van der Waals surface area contributed by atoms with Crippen LogP contribution in [0, 0.1) is 13.8 Å². The second kappa shape index (κ2) is 6.51. The normalized spacial score (nSPS) is 16.2. The van der Waals surface area contributed by atoms with Gasteiger partial charge in [-0.05, 0) is 48.7 Å². The van der Waals surface area contributed by atoms with Gasteiger partial charge in [0.15, 0.2) is 5.43 Å². The molecule has 1 aliphatic rings. The number of benzene rings is 2. The first-order valence-electron chi connectivity index (χ1n) is 8.67. The van der Waals surface area contributed by atoms with E-state index in [1.54, 1.807) is 24.3 Å². The van der Waals surface area contributed by atoms with Crippen LogP contribution in [0.5, 0.6) is 0 Å². The molecule has 2 heterocycles. The Hall–Kier alpha value is -2.63. The molecule has 6 heteroatoms. The predicted molar refractivity (Wildman–Crippen MR) is 103 cm³/mol. The number of aliphatic hydroxyl groups is 1. The van der Waals surface area contributed by atoms with Gasteiger partial charge in [0, 0.05) is 11.6 Å². The Morgan fingerprint density at radius 2 is 1.96 bits per heavy atom. The van der Waals surface area contributed by atoms with Crippen molar-refractivity contribution in [3.63, 3.8) is 0 Å². The lowest BCUT2D eigenvalue weighted by atomic mass is 9.97. The number of aliphatic hydroxyl groups excluding tert-OH is 1. The third kappa shape index (κ3) is 2.74. The van der Waals surface area contributed by atoms with Crippen LogP contribution in [-0.2, 0) is 0 Å². The third-order valence-corrected chi connectivity index (χ3v) is 5.15. The van der Waals surface area contributed by atoms with Crippen LogP contribution < -0.4 is 5.43 Å². The minimum atomic E-state index is -0.639. The average molecular weight is 384 g/mol. The van der Waals surface area contributed by atoms with E-state index in [2.05, 4.69) is 0 Å². The van der Waals surface area contributed by atoms with Crippen molar-refractivity contribution in [3.05, 3.63) is 79.7 Å². The molecule has 0 spiro atoms. The molecule has 0 aliphatic carbocycles. The van der Waals surface area contributed by atoms with Gasteiger partial charge in [-0.3, -0.25) is 9.59 Å². The molecule has 5 nitrogen and oxygen atoms in total. The Balaban J connectivity index is 2.06. The van der Waals surface area contributed by atoms with Crippen molar-refractivity contribution in [2.24, 2.45) is 0 Å². The fraction of sp³-hybridized carbons (Fsp3) is 0.238. The van der Waals surface area contributed by atoms with Crippen LogP contribution in [0.1, 0.15) is 38.9 Å². The molecule has 1 aliphatic heterocycles. The SMILES string of the molecule is Cc1cc(C)c2c(=O)c3c(oc2c1)C(=O)N(CCO)C3c1cccc(Cl)c1. The Morgan fingerprint density at radius 3 is 2.67 bits per heavy atom. The topological polar surface area (TPSA) is 70.8 Å². The fourth-order valence-electron chi connectivity index (χ4n) is 3.88. The summed E-state index contributed by atoms with van der Waals surface area (Å²) < 4.78 is 5.91. The molecule has 0 saturated carbocycles. The number of hydrogen-bond acceptors (Lipinski definition) is 4. The van der Waals surface area contributed by atoms with Crippen molar-refractivity contribution in [1.82, 2.24) is 4.90 Å². The maximum Gasteiger partial charge on any atom is 0.290 e. The minimum absolute atomic E-state index is 0.0379. The standard InChI is InChI=1S/C21H18ClNO4/c1-11-8-12(2)16-15(9-11)27-20-17(19(16)25)18(23(6-7-24)21(20)26)13-4-3-5-14(22)10-13/h3-5,8-10,18,24H,6-7H2,1-2H3. The van der Waals surface area contributed by atoms with Crippen molar-refractivity contribution in [1.29, 1.82) is 0 Å². The van der Waals surface area contributed by atoms with E-state index in [0.29, 0.717) is 27.1 Å². The van der Waals surface area contributed by atoms with E-state index in [4.69, 9.17) is 16.0 Å². The predicted octanol–water partition coefficient (Wildman–Crippen LogP) is 3.60. The van der Waals surface area contributed by atoms with Crippen LogP contribution in [0.15, 0.2) is 45.6 Å². The van der Waals surface area contributed by atoms with E-state index < -0.39 is 11.9 Å².